The number of ether oxygens (including phenoxy) is 1. The van der Waals surface area contributed by atoms with Gasteiger partial charge in [-0.3, -0.25) is 4.79 Å². The Morgan fingerprint density at radius 1 is 0.933 bits per heavy atom. The van der Waals surface area contributed by atoms with Crippen molar-refractivity contribution in [3.63, 3.8) is 0 Å². The van der Waals surface area contributed by atoms with E-state index in [0.29, 0.717) is 17.7 Å². The second-order valence-corrected chi connectivity index (χ2v) is 11.8. The largest absolute Gasteiger partial charge is 0.496 e. The van der Waals surface area contributed by atoms with Gasteiger partial charge >= 0.3 is 12.4 Å². The molecule has 0 bridgehead atoms. The Bertz CT molecular complexity index is 1630. The summed E-state index contributed by atoms with van der Waals surface area (Å²) in [6.45, 7) is 7.25. The number of nitrogens with two attached hydrogens (primary N) is 1. The highest BCUT2D eigenvalue weighted by atomic mass is 19.4. The highest BCUT2D eigenvalue weighted by Crippen LogP contribution is 2.47. The monoisotopic (exact) mass is 647 g/mol. The molecule has 0 saturated heterocycles. The molecule has 45 heavy (non-hydrogen) atoms. The molecule has 3 aromatic rings. The zero-order valence-corrected chi connectivity index (χ0v) is 26.3. The smallest absolute Gasteiger partial charge is 0.419 e. The molecule has 3 rings (SSSR count). The normalized spacial score (nSPS) is 14.6. The second-order valence-electron chi connectivity index (χ2n) is 11.8. The van der Waals surface area contributed by atoms with E-state index >= 15 is 8.78 Å². The first-order valence-electron chi connectivity index (χ1n) is 14.1. The zero-order valence-electron chi connectivity index (χ0n) is 26.3. The minimum absolute atomic E-state index is 0.0232. The number of hydrogen-bond donors (Lipinski definition) is 1. The molecule has 248 valence electrons. The van der Waals surface area contributed by atoms with Crippen molar-refractivity contribution in [2.24, 2.45) is 11.7 Å². The maximum Gasteiger partial charge on any atom is 0.419 e. The SMILES string of the molecule is COc1ccc(C)c(-c2cc(C(F)(F)F)c(F)c([C@@](N)(C(C)C)C(C)n3cc(CCN(C)C)c(C(F)(F)F)cc3=O)c2F)c1C. The van der Waals surface area contributed by atoms with Gasteiger partial charge < -0.3 is 19.9 Å². The van der Waals surface area contributed by atoms with E-state index in [4.69, 9.17) is 10.5 Å². The summed E-state index contributed by atoms with van der Waals surface area (Å²) >= 11 is 0. The lowest BCUT2D eigenvalue weighted by molar-refractivity contribution is -0.140. The van der Waals surface area contributed by atoms with Crippen molar-refractivity contribution < 1.29 is 39.9 Å². The zero-order chi connectivity index (χ0) is 34.4. The summed E-state index contributed by atoms with van der Waals surface area (Å²) in [6.07, 6.45) is -9.40. The second kappa shape index (κ2) is 12.7. The molecule has 0 amide bonds. The predicted octanol–water partition coefficient (Wildman–Crippen LogP) is 7.63. The molecule has 2 atom stereocenters. The van der Waals surface area contributed by atoms with Crippen LogP contribution in [0.4, 0.5) is 35.1 Å². The van der Waals surface area contributed by atoms with E-state index in [2.05, 4.69) is 0 Å². The lowest BCUT2D eigenvalue weighted by atomic mass is 9.73. The average molecular weight is 648 g/mol. The fourth-order valence-corrected chi connectivity index (χ4v) is 5.78. The standard InChI is InChI=1S/C32H37F8N3O2/c1-16(2)30(41,19(5)43-15-20(11-12-42(6)7)22(14-25(43)44)31(35,36)37)27-28(33)21(13-23(29(27)34)32(38,39)40)26-17(3)9-10-24(45-8)18(26)4/h9-10,13-16,19H,11-12,41H2,1-8H3/t19?,30-/m1/s1. The number of aromatic nitrogens is 1. The van der Waals surface area contributed by atoms with Crippen LogP contribution in [0.3, 0.4) is 0 Å². The lowest BCUT2D eigenvalue weighted by Crippen LogP contribution is -2.52. The predicted molar refractivity (Wildman–Crippen MR) is 156 cm³/mol. The summed E-state index contributed by atoms with van der Waals surface area (Å²) in [6, 6.07) is 2.29. The molecule has 1 unspecified atom stereocenters. The summed E-state index contributed by atoms with van der Waals surface area (Å²) in [5.74, 6) is -4.15. The molecule has 0 aliphatic carbocycles. The summed E-state index contributed by atoms with van der Waals surface area (Å²) in [4.78, 5) is 14.8. The number of rotatable bonds is 9. The number of halogens is 8. The van der Waals surface area contributed by atoms with Crippen LogP contribution in [-0.2, 0) is 24.3 Å². The summed E-state index contributed by atoms with van der Waals surface area (Å²) in [7, 11) is 4.60. The summed E-state index contributed by atoms with van der Waals surface area (Å²) < 4.78 is 124. The van der Waals surface area contributed by atoms with Crippen molar-refractivity contribution in [2.75, 3.05) is 27.7 Å². The molecule has 0 fully saturated rings. The Balaban J connectivity index is 2.47. The quantitative estimate of drug-likeness (QED) is 0.243. The molecule has 0 radical (unpaired) electrons. The van der Waals surface area contributed by atoms with Crippen LogP contribution in [0.5, 0.6) is 5.75 Å². The highest BCUT2D eigenvalue weighted by molar-refractivity contribution is 5.75. The molecular weight excluding hydrogens is 610 g/mol. The van der Waals surface area contributed by atoms with Crippen LogP contribution >= 0.6 is 0 Å². The molecule has 1 aromatic heterocycles. The number of aryl methyl sites for hydroxylation is 1. The number of benzene rings is 2. The number of methoxy groups -OCH3 is 1. The van der Waals surface area contributed by atoms with Crippen molar-refractivity contribution in [3.8, 4) is 16.9 Å². The van der Waals surface area contributed by atoms with Gasteiger partial charge in [0.1, 0.15) is 17.4 Å². The van der Waals surface area contributed by atoms with Gasteiger partial charge in [0.2, 0.25) is 0 Å². The lowest BCUT2D eigenvalue weighted by Gasteiger charge is -2.41. The Morgan fingerprint density at radius 2 is 1.51 bits per heavy atom. The summed E-state index contributed by atoms with van der Waals surface area (Å²) in [5, 5.41) is 0. The number of alkyl halides is 6. The first kappa shape index (κ1) is 36.0. The van der Waals surface area contributed by atoms with Crippen LogP contribution in [0.25, 0.3) is 11.1 Å². The molecule has 0 aliphatic rings. The van der Waals surface area contributed by atoms with Crippen LogP contribution in [0.1, 0.15) is 60.2 Å². The van der Waals surface area contributed by atoms with Gasteiger partial charge in [-0.15, -0.1) is 0 Å². The molecule has 13 heteroatoms. The Hall–Kier alpha value is -3.45. The van der Waals surface area contributed by atoms with Crippen LogP contribution in [0, 0.1) is 31.4 Å². The first-order chi connectivity index (χ1) is 20.6. The fraction of sp³-hybridized carbons (Fsp3) is 0.469. The van der Waals surface area contributed by atoms with Gasteiger partial charge in [0.15, 0.2) is 0 Å². The van der Waals surface area contributed by atoms with Gasteiger partial charge in [-0.1, -0.05) is 19.9 Å². The Morgan fingerprint density at radius 3 is 2.00 bits per heavy atom. The maximum absolute atomic E-state index is 16.8. The van der Waals surface area contributed by atoms with Crippen LogP contribution < -0.4 is 16.0 Å². The number of hydrogen-bond acceptors (Lipinski definition) is 4. The van der Waals surface area contributed by atoms with Gasteiger partial charge in [-0.05, 0) is 81.6 Å². The van der Waals surface area contributed by atoms with Crippen LogP contribution in [0.15, 0.2) is 35.3 Å². The number of likely N-dealkylation sites (N-methyl/N-ethyl adjacent to an activating group) is 1. The van der Waals surface area contributed by atoms with E-state index in [1.165, 1.54) is 47.8 Å². The minimum Gasteiger partial charge on any atom is -0.496 e. The third-order valence-electron chi connectivity index (χ3n) is 8.41. The van der Waals surface area contributed by atoms with E-state index in [1.807, 2.05) is 0 Å². The molecule has 0 aliphatic heterocycles. The highest BCUT2D eigenvalue weighted by Gasteiger charge is 2.48. The average Bonchev–Trinajstić information content (AvgIpc) is 2.91. The van der Waals surface area contributed by atoms with Crippen LogP contribution in [0.2, 0.25) is 0 Å². The van der Waals surface area contributed by atoms with Gasteiger partial charge in [0.25, 0.3) is 5.56 Å². The minimum atomic E-state index is -5.28. The number of pyridine rings is 1. The van der Waals surface area contributed by atoms with Crippen LogP contribution in [-0.4, -0.2) is 37.2 Å². The number of nitrogens with zero attached hydrogens (tertiary/aromatic N) is 2. The molecule has 5 nitrogen and oxygen atoms in total. The van der Waals surface area contributed by atoms with E-state index in [1.54, 1.807) is 25.1 Å². The molecule has 0 spiro atoms. The fourth-order valence-electron chi connectivity index (χ4n) is 5.78. The Kier molecular flexibility index (Phi) is 10.2. The van der Waals surface area contributed by atoms with Gasteiger partial charge in [-0.25, -0.2) is 8.78 Å². The Labute approximate surface area is 256 Å². The molecule has 1 heterocycles. The van der Waals surface area contributed by atoms with E-state index in [9.17, 15) is 31.1 Å². The van der Waals surface area contributed by atoms with Gasteiger partial charge in [0, 0.05) is 29.9 Å². The third kappa shape index (κ3) is 6.74. The van der Waals surface area contributed by atoms with Crippen molar-refractivity contribution in [2.45, 2.75) is 65.0 Å². The first-order valence-corrected chi connectivity index (χ1v) is 14.1. The van der Waals surface area contributed by atoms with Crippen molar-refractivity contribution in [1.82, 2.24) is 9.47 Å². The van der Waals surface area contributed by atoms with E-state index < -0.39 is 69.3 Å². The van der Waals surface area contributed by atoms with Crippen molar-refractivity contribution in [1.29, 1.82) is 0 Å². The summed E-state index contributed by atoms with van der Waals surface area (Å²) in [5.41, 5.74) is -1.15. The molecule has 2 N–H and O–H groups in total. The van der Waals surface area contributed by atoms with Gasteiger partial charge in [0.05, 0.1) is 29.8 Å². The molecule has 0 saturated carbocycles. The molecular formula is C32H37F8N3O2. The van der Waals surface area contributed by atoms with Crippen molar-refractivity contribution in [3.05, 3.63) is 85.8 Å². The third-order valence-corrected chi connectivity index (χ3v) is 8.41. The van der Waals surface area contributed by atoms with E-state index in [0.717, 1.165) is 10.8 Å². The van der Waals surface area contributed by atoms with Gasteiger partial charge in [-0.2, -0.15) is 26.3 Å². The molecule has 2 aromatic carbocycles. The topological polar surface area (TPSA) is 60.5 Å². The maximum atomic E-state index is 16.8. The van der Waals surface area contributed by atoms with Crippen molar-refractivity contribution >= 4 is 0 Å². The van der Waals surface area contributed by atoms with E-state index in [-0.39, 0.29) is 35.4 Å².